The van der Waals surface area contributed by atoms with E-state index in [1.807, 2.05) is 28.0 Å². The number of carbonyl (C=O) groups excluding carboxylic acids is 2. The molecule has 6 nitrogen and oxygen atoms in total. The van der Waals surface area contributed by atoms with Crippen molar-refractivity contribution in [1.29, 1.82) is 0 Å². The molecule has 1 aromatic rings. The van der Waals surface area contributed by atoms with E-state index in [1.54, 1.807) is 0 Å². The largest absolute Gasteiger partial charge is 0.342 e. The summed E-state index contributed by atoms with van der Waals surface area (Å²) >= 11 is 0. The summed E-state index contributed by atoms with van der Waals surface area (Å²) in [6.45, 7) is 11.2. The van der Waals surface area contributed by atoms with E-state index in [2.05, 4.69) is 35.8 Å². The van der Waals surface area contributed by atoms with Crippen LogP contribution in [0.15, 0.2) is 30.3 Å². The van der Waals surface area contributed by atoms with E-state index in [0.717, 1.165) is 64.1 Å². The summed E-state index contributed by atoms with van der Waals surface area (Å²) in [5, 5.41) is 0. The van der Waals surface area contributed by atoms with Gasteiger partial charge in [-0.3, -0.25) is 19.4 Å². The molecule has 2 amide bonds. The van der Waals surface area contributed by atoms with Gasteiger partial charge >= 0.3 is 0 Å². The molecule has 0 atom stereocenters. The molecule has 0 N–H and O–H groups in total. The van der Waals surface area contributed by atoms with Crippen LogP contribution in [0.4, 0.5) is 0 Å². The van der Waals surface area contributed by atoms with Crippen LogP contribution >= 0.6 is 0 Å². The van der Waals surface area contributed by atoms with Crippen molar-refractivity contribution in [2.75, 3.05) is 52.4 Å². The summed E-state index contributed by atoms with van der Waals surface area (Å²) in [6, 6.07) is 10.4. The van der Waals surface area contributed by atoms with Crippen molar-refractivity contribution in [2.24, 2.45) is 0 Å². The molecule has 0 spiro atoms. The maximum atomic E-state index is 13.0. The van der Waals surface area contributed by atoms with Gasteiger partial charge in [-0.25, -0.2) is 0 Å². The van der Waals surface area contributed by atoms with Crippen LogP contribution in [0.25, 0.3) is 0 Å². The van der Waals surface area contributed by atoms with Crippen LogP contribution in [0.1, 0.15) is 38.7 Å². The lowest BCUT2D eigenvalue weighted by Gasteiger charge is -2.30. The minimum atomic E-state index is 0.171. The third-order valence-electron chi connectivity index (χ3n) is 6.00. The van der Waals surface area contributed by atoms with Crippen molar-refractivity contribution in [2.45, 2.75) is 45.7 Å². The summed E-state index contributed by atoms with van der Waals surface area (Å²) in [6.07, 6.45) is 3.27. The summed E-state index contributed by atoms with van der Waals surface area (Å²) in [5.41, 5.74) is 1.16. The number of benzene rings is 1. The quantitative estimate of drug-likeness (QED) is 0.703. The summed E-state index contributed by atoms with van der Waals surface area (Å²) in [7, 11) is 0. The Kier molecular flexibility index (Phi) is 8.07. The highest BCUT2D eigenvalue weighted by Gasteiger charge is 2.24. The Morgan fingerprint density at radius 1 is 0.862 bits per heavy atom. The standard InChI is InChI=1S/C23H36N4O2/c1-20(2)27(17-21-9-4-3-5-10-21)23(29)19-25-12-8-11-24(15-16-25)18-22(28)26-13-6-7-14-26/h3-5,9-10,20H,6-8,11-19H2,1-2H3. The molecule has 6 heteroatoms. The number of carbonyl (C=O) groups is 2. The number of rotatable bonds is 7. The Morgan fingerprint density at radius 3 is 2.10 bits per heavy atom. The Bertz CT molecular complexity index is 658. The molecule has 29 heavy (non-hydrogen) atoms. The van der Waals surface area contributed by atoms with Gasteiger partial charge in [0.05, 0.1) is 13.1 Å². The smallest absolute Gasteiger partial charge is 0.237 e. The second-order valence-electron chi connectivity index (χ2n) is 8.59. The minimum Gasteiger partial charge on any atom is -0.342 e. The first-order valence-corrected chi connectivity index (χ1v) is 11.1. The van der Waals surface area contributed by atoms with Crippen LogP contribution in [0, 0.1) is 0 Å². The second kappa shape index (κ2) is 10.7. The number of hydrogen-bond donors (Lipinski definition) is 0. The average Bonchev–Trinajstić information content (AvgIpc) is 3.17. The van der Waals surface area contributed by atoms with E-state index in [9.17, 15) is 9.59 Å². The third kappa shape index (κ3) is 6.54. The van der Waals surface area contributed by atoms with E-state index in [0.29, 0.717) is 19.6 Å². The summed E-state index contributed by atoms with van der Waals surface area (Å²) < 4.78 is 0. The Morgan fingerprint density at radius 2 is 1.48 bits per heavy atom. The van der Waals surface area contributed by atoms with Gasteiger partial charge < -0.3 is 9.80 Å². The van der Waals surface area contributed by atoms with Gasteiger partial charge in [0.25, 0.3) is 0 Å². The van der Waals surface area contributed by atoms with Crippen LogP contribution in [0.3, 0.4) is 0 Å². The molecule has 0 radical (unpaired) electrons. The van der Waals surface area contributed by atoms with Crippen LogP contribution < -0.4 is 0 Å². The lowest BCUT2D eigenvalue weighted by atomic mass is 10.2. The molecular weight excluding hydrogens is 364 g/mol. The predicted octanol–water partition coefficient (Wildman–Crippen LogP) is 2.05. The van der Waals surface area contributed by atoms with Crippen molar-refractivity contribution >= 4 is 11.8 Å². The fraction of sp³-hybridized carbons (Fsp3) is 0.652. The molecule has 2 heterocycles. The lowest BCUT2D eigenvalue weighted by Crippen LogP contribution is -2.44. The first kappa shape index (κ1) is 21.8. The van der Waals surface area contributed by atoms with Gasteiger partial charge in [0.2, 0.25) is 11.8 Å². The van der Waals surface area contributed by atoms with E-state index in [4.69, 9.17) is 0 Å². The highest BCUT2D eigenvalue weighted by Crippen LogP contribution is 2.12. The second-order valence-corrected chi connectivity index (χ2v) is 8.59. The van der Waals surface area contributed by atoms with Gasteiger partial charge in [-0.2, -0.15) is 0 Å². The molecule has 0 aromatic heterocycles. The minimum absolute atomic E-state index is 0.171. The van der Waals surface area contributed by atoms with Gasteiger partial charge in [0, 0.05) is 38.8 Å². The maximum Gasteiger partial charge on any atom is 0.237 e. The van der Waals surface area contributed by atoms with Crippen LogP contribution in [-0.2, 0) is 16.1 Å². The van der Waals surface area contributed by atoms with E-state index >= 15 is 0 Å². The molecule has 2 fully saturated rings. The first-order valence-electron chi connectivity index (χ1n) is 11.1. The van der Waals surface area contributed by atoms with Crippen molar-refractivity contribution in [3.8, 4) is 0 Å². The molecule has 2 aliphatic rings. The molecule has 0 aliphatic carbocycles. The number of nitrogens with zero attached hydrogens (tertiary/aromatic N) is 4. The van der Waals surface area contributed by atoms with Gasteiger partial charge in [-0.1, -0.05) is 30.3 Å². The molecule has 0 saturated carbocycles. The van der Waals surface area contributed by atoms with Crippen LogP contribution in [-0.4, -0.2) is 89.8 Å². The van der Waals surface area contributed by atoms with Crippen LogP contribution in [0.2, 0.25) is 0 Å². The predicted molar refractivity (Wildman–Crippen MR) is 115 cm³/mol. The highest BCUT2D eigenvalue weighted by atomic mass is 16.2. The monoisotopic (exact) mass is 400 g/mol. The SMILES string of the molecule is CC(C)N(Cc1ccccc1)C(=O)CN1CCCN(CC(=O)N2CCCC2)CC1. The number of hydrogen-bond acceptors (Lipinski definition) is 4. The molecule has 3 rings (SSSR count). The highest BCUT2D eigenvalue weighted by molar-refractivity contribution is 5.79. The number of amides is 2. The van der Waals surface area contributed by atoms with E-state index in [-0.39, 0.29) is 17.9 Å². The zero-order chi connectivity index (χ0) is 20.6. The van der Waals surface area contributed by atoms with Crippen molar-refractivity contribution in [1.82, 2.24) is 19.6 Å². The maximum absolute atomic E-state index is 13.0. The molecule has 2 saturated heterocycles. The van der Waals surface area contributed by atoms with Gasteiger partial charge in [-0.15, -0.1) is 0 Å². The molecule has 160 valence electrons. The van der Waals surface area contributed by atoms with E-state index < -0.39 is 0 Å². The Balaban J connectivity index is 1.48. The molecule has 0 bridgehead atoms. The van der Waals surface area contributed by atoms with Gasteiger partial charge in [0.1, 0.15) is 0 Å². The summed E-state index contributed by atoms with van der Waals surface area (Å²) in [4.78, 5) is 33.9. The fourth-order valence-electron chi connectivity index (χ4n) is 4.22. The first-order chi connectivity index (χ1) is 14.0. The normalized spacial score (nSPS) is 18.8. The number of likely N-dealkylation sites (tertiary alicyclic amines) is 1. The van der Waals surface area contributed by atoms with Crippen molar-refractivity contribution < 1.29 is 9.59 Å². The molecule has 0 unspecified atom stereocenters. The van der Waals surface area contributed by atoms with Crippen LogP contribution in [0.5, 0.6) is 0 Å². The summed E-state index contributed by atoms with van der Waals surface area (Å²) in [5.74, 6) is 0.450. The molecule has 1 aromatic carbocycles. The third-order valence-corrected chi connectivity index (χ3v) is 6.00. The molecular formula is C23H36N4O2. The average molecular weight is 401 g/mol. The lowest BCUT2D eigenvalue weighted by molar-refractivity contribution is -0.135. The zero-order valence-electron chi connectivity index (χ0n) is 18.1. The van der Waals surface area contributed by atoms with E-state index in [1.165, 1.54) is 0 Å². The molecule has 2 aliphatic heterocycles. The Hall–Kier alpha value is -1.92. The van der Waals surface area contributed by atoms with Gasteiger partial charge in [0.15, 0.2) is 0 Å². The van der Waals surface area contributed by atoms with Gasteiger partial charge in [-0.05, 0) is 51.8 Å². The Labute approximate surface area is 175 Å². The van der Waals surface area contributed by atoms with Crippen molar-refractivity contribution in [3.63, 3.8) is 0 Å². The topological polar surface area (TPSA) is 47.1 Å². The fourth-order valence-corrected chi connectivity index (χ4v) is 4.22. The van der Waals surface area contributed by atoms with Crippen molar-refractivity contribution in [3.05, 3.63) is 35.9 Å². The zero-order valence-corrected chi connectivity index (χ0v) is 18.1.